The minimum Gasteiger partial charge on any atom is -0.480 e. The number of carbonyl (C=O) groups excluding carboxylic acids is 2. The third kappa shape index (κ3) is 5.51. The summed E-state index contributed by atoms with van der Waals surface area (Å²) in [6, 6.07) is 8.76. The van der Waals surface area contributed by atoms with Gasteiger partial charge in [0.05, 0.1) is 6.54 Å². The number of aromatic nitrogens is 2. The summed E-state index contributed by atoms with van der Waals surface area (Å²) in [4.78, 5) is 36.5. The van der Waals surface area contributed by atoms with Crippen LogP contribution in [0.1, 0.15) is 36.8 Å². The molecule has 0 fully saturated rings. The minimum atomic E-state index is -1.22. The first kappa shape index (κ1) is 23.8. The van der Waals surface area contributed by atoms with Gasteiger partial charge in [0.15, 0.2) is 5.69 Å². The van der Waals surface area contributed by atoms with E-state index < -0.39 is 47.4 Å². The lowest BCUT2D eigenvalue weighted by atomic mass is 9.86. The number of nitrogens with one attached hydrogen (secondary N) is 2. The molecule has 8 nitrogen and oxygen atoms in total. The summed E-state index contributed by atoms with van der Waals surface area (Å²) in [5.41, 5.74) is -0.103. The molecule has 0 spiro atoms. The van der Waals surface area contributed by atoms with Crippen molar-refractivity contribution in [3.8, 4) is 0 Å². The number of amides is 2. The maximum Gasteiger partial charge on any atom is 0.322 e. The van der Waals surface area contributed by atoms with E-state index >= 15 is 0 Å². The van der Waals surface area contributed by atoms with Crippen molar-refractivity contribution in [1.29, 1.82) is 0 Å². The van der Waals surface area contributed by atoms with E-state index in [0.29, 0.717) is 5.56 Å². The monoisotopic (exact) mass is 458 g/mol. The van der Waals surface area contributed by atoms with Gasteiger partial charge in [0.1, 0.15) is 29.7 Å². The molecule has 3 N–H and O–H groups in total. The van der Waals surface area contributed by atoms with Gasteiger partial charge in [-0.2, -0.15) is 5.10 Å². The molecule has 3 rings (SSSR count). The van der Waals surface area contributed by atoms with Gasteiger partial charge in [0, 0.05) is 5.39 Å². The van der Waals surface area contributed by atoms with Gasteiger partial charge in [-0.15, -0.1) is 0 Å². The third-order valence-electron chi connectivity index (χ3n) is 5.00. The van der Waals surface area contributed by atoms with Crippen LogP contribution in [0.15, 0.2) is 42.5 Å². The number of carbonyl (C=O) groups is 3. The number of benzene rings is 2. The van der Waals surface area contributed by atoms with Crippen LogP contribution in [-0.2, 0) is 16.1 Å². The van der Waals surface area contributed by atoms with Gasteiger partial charge in [-0.25, -0.2) is 8.78 Å². The van der Waals surface area contributed by atoms with Crippen molar-refractivity contribution < 1.29 is 28.3 Å². The Hall–Kier alpha value is -3.82. The molecule has 1 aromatic heterocycles. The summed E-state index contributed by atoms with van der Waals surface area (Å²) in [7, 11) is 0. The van der Waals surface area contributed by atoms with Gasteiger partial charge < -0.3 is 15.7 Å². The Kier molecular flexibility index (Phi) is 6.75. The number of para-hydroxylation sites is 1. The molecule has 0 aliphatic heterocycles. The van der Waals surface area contributed by atoms with Crippen molar-refractivity contribution in [2.45, 2.75) is 33.4 Å². The number of fused-ring (bicyclic) bond motifs is 1. The van der Waals surface area contributed by atoms with Crippen LogP contribution in [0.2, 0.25) is 0 Å². The molecule has 1 unspecified atom stereocenters. The summed E-state index contributed by atoms with van der Waals surface area (Å²) in [5, 5.41) is 18.2. The number of hydrogen-bond acceptors (Lipinski definition) is 4. The second-order valence-corrected chi connectivity index (χ2v) is 8.65. The van der Waals surface area contributed by atoms with Crippen LogP contribution in [0.3, 0.4) is 0 Å². The van der Waals surface area contributed by atoms with Gasteiger partial charge >= 0.3 is 5.97 Å². The fourth-order valence-electron chi connectivity index (χ4n) is 3.38. The normalized spacial score (nSPS) is 12.4. The molecule has 0 bridgehead atoms. The van der Waals surface area contributed by atoms with Crippen LogP contribution in [-0.4, -0.2) is 45.3 Å². The zero-order chi connectivity index (χ0) is 24.3. The van der Waals surface area contributed by atoms with E-state index in [0.717, 1.165) is 0 Å². The molecule has 1 heterocycles. The van der Waals surface area contributed by atoms with E-state index in [1.807, 2.05) is 0 Å². The summed E-state index contributed by atoms with van der Waals surface area (Å²) >= 11 is 0. The Balaban J connectivity index is 1.95. The Bertz CT molecular complexity index is 1200. The highest BCUT2D eigenvalue weighted by Crippen LogP contribution is 2.25. The molecule has 0 saturated carbocycles. The first-order valence-corrected chi connectivity index (χ1v) is 10.2. The number of carboxylic acid groups (broad SMARTS) is 1. The Morgan fingerprint density at radius 2 is 1.76 bits per heavy atom. The lowest BCUT2D eigenvalue weighted by molar-refractivity contribution is -0.138. The van der Waals surface area contributed by atoms with Crippen LogP contribution >= 0.6 is 0 Å². The standard InChI is InChI=1S/C23H24F2N4O4/c1-23(2,3)20(22(33)26-11-17(30)31)27-21(32)18-15-5-4-6-16(25)19(15)29(28-18)12-13-7-9-14(24)10-8-13/h4-10,20H,11-12H2,1-3H3,(H,26,33)(H,27,32)(H,30,31). The fraction of sp³-hybridized carbons (Fsp3) is 0.304. The number of rotatable bonds is 7. The summed E-state index contributed by atoms with van der Waals surface area (Å²) in [6.45, 7) is 4.63. The van der Waals surface area contributed by atoms with Crippen molar-refractivity contribution in [3.63, 3.8) is 0 Å². The van der Waals surface area contributed by atoms with Gasteiger partial charge in [0.25, 0.3) is 5.91 Å². The molecule has 2 aromatic carbocycles. The number of hydrogen-bond donors (Lipinski definition) is 3. The predicted octanol–water partition coefficient (Wildman–Crippen LogP) is 2.71. The van der Waals surface area contributed by atoms with Crippen molar-refractivity contribution >= 4 is 28.7 Å². The van der Waals surface area contributed by atoms with Crippen LogP contribution in [0.25, 0.3) is 10.9 Å². The molecule has 3 aromatic rings. The van der Waals surface area contributed by atoms with Crippen molar-refractivity contribution in [2.75, 3.05) is 6.54 Å². The summed E-state index contributed by atoms with van der Waals surface area (Å²) < 4.78 is 29.2. The SMILES string of the molecule is CC(C)(C)C(NC(=O)c1nn(Cc2ccc(F)cc2)c2c(F)cccc12)C(=O)NCC(=O)O. The molecule has 0 radical (unpaired) electrons. The van der Waals surface area contributed by atoms with Crippen LogP contribution in [0, 0.1) is 17.0 Å². The number of halogens is 2. The lowest BCUT2D eigenvalue weighted by Crippen LogP contribution is -2.54. The summed E-state index contributed by atoms with van der Waals surface area (Å²) in [5.74, 6) is -3.60. The Morgan fingerprint density at radius 1 is 1.09 bits per heavy atom. The molecule has 2 amide bonds. The number of carboxylic acids is 1. The topological polar surface area (TPSA) is 113 Å². The highest BCUT2D eigenvalue weighted by atomic mass is 19.1. The van der Waals surface area contributed by atoms with E-state index in [9.17, 15) is 23.2 Å². The van der Waals surface area contributed by atoms with Gasteiger partial charge in [-0.3, -0.25) is 19.1 Å². The molecule has 1 atom stereocenters. The zero-order valence-electron chi connectivity index (χ0n) is 18.4. The van der Waals surface area contributed by atoms with Crippen LogP contribution < -0.4 is 10.6 Å². The second kappa shape index (κ2) is 9.35. The lowest BCUT2D eigenvalue weighted by Gasteiger charge is -2.30. The number of nitrogens with zero attached hydrogens (tertiary/aromatic N) is 2. The van der Waals surface area contributed by atoms with E-state index in [-0.39, 0.29) is 23.1 Å². The van der Waals surface area contributed by atoms with E-state index in [1.165, 1.54) is 47.1 Å². The molecule has 0 saturated heterocycles. The highest BCUT2D eigenvalue weighted by Gasteiger charge is 2.34. The maximum absolute atomic E-state index is 14.7. The van der Waals surface area contributed by atoms with Crippen molar-refractivity contribution in [1.82, 2.24) is 20.4 Å². The van der Waals surface area contributed by atoms with Crippen LogP contribution in [0.4, 0.5) is 8.78 Å². The van der Waals surface area contributed by atoms with Crippen molar-refractivity contribution in [3.05, 3.63) is 65.4 Å². The average Bonchev–Trinajstić information content (AvgIpc) is 3.10. The molecule has 0 aliphatic carbocycles. The van der Waals surface area contributed by atoms with E-state index in [2.05, 4.69) is 15.7 Å². The van der Waals surface area contributed by atoms with E-state index in [1.54, 1.807) is 20.8 Å². The first-order chi connectivity index (χ1) is 15.5. The van der Waals surface area contributed by atoms with Crippen LogP contribution in [0.5, 0.6) is 0 Å². The van der Waals surface area contributed by atoms with Gasteiger partial charge in [-0.05, 0) is 29.2 Å². The van der Waals surface area contributed by atoms with Gasteiger partial charge in [-0.1, -0.05) is 45.0 Å². The Labute approximate surface area is 188 Å². The molecule has 33 heavy (non-hydrogen) atoms. The molecule has 174 valence electrons. The van der Waals surface area contributed by atoms with Gasteiger partial charge in [0.2, 0.25) is 5.91 Å². The Morgan fingerprint density at radius 3 is 2.36 bits per heavy atom. The molecular weight excluding hydrogens is 434 g/mol. The highest BCUT2D eigenvalue weighted by molar-refractivity contribution is 6.06. The quantitative estimate of drug-likeness (QED) is 0.504. The second-order valence-electron chi connectivity index (χ2n) is 8.65. The predicted molar refractivity (Wildman–Crippen MR) is 117 cm³/mol. The maximum atomic E-state index is 14.7. The third-order valence-corrected chi connectivity index (χ3v) is 5.00. The number of aliphatic carboxylic acids is 1. The summed E-state index contributed by atoms with van der Waals surface area (Å²) in [6.07, 6.45) is 0. The molecular formula is C23H24F2N4O4. The average molecular weight is 458 g/mol. The molecule has 10 heteroatoms. The first-order valence-electron chi connectivity index (χ1n) is 10.2. The minimum absolute atomic E-state index is 0.0901. The zero-order valence-corrected chi connectivity index (χ0v) is 18.4. The van der Waals surface area contributed by atoms with E-state index in [4.69, 9.17) is 5.11 Å². The smallest absolute Gasteiger partial charge is 0.322 e. The van der Waals surface area contributed by atoms with Crippen molar-refractivity contribution in [2.24, 2.45) is 5.41 Å². The fourth-order valence-corrected chi connectivity index (χ4v) is 3.38. The molecule has 0 aliphatic rings. The largest absolute Gasteiger partial charge is 0.480 e.